The highest BCUT2D eigenvalue weighted by Crippen LogP contribution is 2.26. The van der Waals surface area contributed by atoms with Crippen LogP contribution in [-0.4, -0.2) is 20.8 Å². The Morgan fingerprint density at radius 1 is 1.45 bits per heavy atom. The molecule has 20 heavy (non-hydrogen) atoms. The van der Waals surface area contributed by atoms with Crippen LogP contribution in [0.15, 0.2) is 29.1 Å². The first-order valence-corrected chi connectivity index (χ1v) is 7.81. The van der Waals surface area contributed by atoms with Gasteiger partial charge in [0.1, 0.15) is 11.4 Å². The molecule has 0 atom stereocenters. The number of thioether (sulfide) groups is 1. The van der Waals surface area contributed by atoms with E-state index < -0.39 is 0 Å². The molecule has 0 aliphatic carbocycles. The van der Waals surface area contributed by atoms with Crippen molar-refractivity contribution in [2.45, 2.75) is 19.1 Å². The van der Waals surface area contributed by atoms with Gasteiger partial charge in [-0.3, -0.25) is 4.79 Å². The number of nitrogens with zero attached hydrogens (tertiary/aromatic N) is 1. The normalized spacial score (nSPS) is 10.7. The Balaban J connectivity index is 2.34. The SMILES string of the molecule is CCCSCc1nc(O)c(-c2cccc(Cl)c2)c(=O)[nH]1. The number of aromatic nitrogens is 2. The number of nitrogens with one attached hydrogen (secondary N) is 1. The molecular weight excluding hydrogens is 296 g/mol. The van der Waals surface area contributed by atoms with E-state index in [1.807, 2.05) is 0 Å². The number of hydrogen-bond acceptors (Lipinski definition) is 4. The van der Waals surface area contributed by atoms with Gasteiger partial charge in [-0.05, 0) is 29.9 Å². The largest absolute Gasteiger partial charge is 0.493 e. The number of rotatable bonds is 5. The van der Waals surface area contributed by atoms with Gasteiger partial charge in [-0.15, -0.1) is 0 Å². The molecule has 1 aromatic heterocycles. The van der Waals surface area contributed by atoms with Gasteiger partial charge in [0, 0.05) is 5.02 Å². The minimum atomic E-state index is -0.355. The lowest BCUT2D eigenvalue weighted by molar-refractivity contribution is 0.451. The van der Waals surface area contributed by atoms with E-state index in [2.05, 4.69) is 16.9 Å². The van der Waals surface area contributed by atoms with E-state index in [1.54, 1.807) is 36.0 Å². The lowest BCUT2D eigenvalue weighted by atomic mass is 10.1. The van der Waals surface area contributed by atoms with Crippen molar-refractivity contribution in [3.8, 4) is 17.0 Å². The van der Waals surface area contributed by atoms with Gasteiger partial charge in [0.15, 0.2) is 0 Å². The standard InChI is InChI=1S/C14H15ClN2O2S/c1-2-6-20-8-11-16-13(18)12(14(19)17-11)9-4-3-5-10(15)7-9/h3-5,7H,2,6,8H2,1H3,(H2,16,17,18,19). The van der Waals surface area contributed by atoms with Crippen molar-refractivity contribution < 1.29 is 5.11 Å². The molecule has 0 fully saturated rings. The highest BCUT2D eigenvalue weighted by atomic mass is 35.5. The first-order chi connectivity index (χ1) is 9.61. The zero-order valence-corrected chi connectivity index (χ0v) is 12.6. The van der Waals surface area contributed by atoms with Crippen LogP contribution in [0.3, 0.4) is 0 Å². The van der Waals surface area contributed by atoms with Gasteiger partial charge in [0.05, 0.1) is 5.75 Å². The van der Waals surface area contributed by atoms with E-state index in [0.717, 1.165) is 12.2 Å². The summed E-state index contributed by atoms with van der Waals surface area (Å²) in [5.41, 5.74) is 0.347. The van der Waals surface area contributed by atoms with Crippen molar-refractivity contribution in [1.29, 1.82) is 0 Å². The van der Waals surface area contributed by atoms with Crippen molar-refractivity contribution in [2.75, 3.05) is 5.75 Å². The summed E-state index contributed by atoms with van der Waals surface area (Å²) < 4.78 is 0. The van der Waals surface area contributed by atoms with Crippen molar-refractivity contribution in [3.63, 3.8) is 0 Å². The van der Waals surface area contributed by atoms with Gasteiger partial charge >= 0.3 is 0 Å². The van der Waals surface area contributed by atoms with E-state index in [0.29, 0.717) is 22.2 Å². The molecule has 1 heterocycles. The summed E-state index contributed by atoms with van der Waals surface area (Å²) in [4.78, 5) is 18.8. The van der Waals surface area contributed by atoms with Crippen LogP contribution in [0.2, 0.25) is 5.02 Å². The smallest absolute Gasteiger partial charge is 0.262 e. The number of hydrogen-bond donors (Lipinski definition) is 2. The van der Waals surface area contributed by atoms with Crippen LogP contribution in [0.5, 0.6) is 5.88 Å². The van der Waals surface area contributed by atoms with Crippen molar-refractivity contribution in [2.24, 2.45) is 0 Å². The molecule has 2 aromatic rings. The fraction of sp³-hybridized carbons (Fsp3) is 0.286. The Morgan fingerprint density at radius 2 is 2.25 bits per heavy atom. The van der Waals surface area contributed by atoms with Crippen LogP contribution in [0.4, 0.5) is 0 Å². The predicted octanol–water partition coefficient (Wildman–Crippen LogP) is 3.44. The number of aromatic hydroxyl groups is 1. The third-order valence-electron chi connectivity index (χ3n) is 2.65. The third-order valence-corrected chi connectivity index (χ3v) is 4.06. The van der Waals surface area contributed by atoms with Crippen LogP contribution in [0.1, 0.15) is 19.2 Å². The molecule has 0 saturated heterocycles. The van der Waals surface area contributed by atoms with Gasteiger partial charge < -0.3 is 10.1 Å². The van der Waals surface area contributed by atoms with Crippen molar-refractivity contribution in [3.05, 3.63) is 45.5 Å². The minimum Gasteiger partial charge on any atom is -0.493 e. The molecule has 0 bridgehead atoms. The summed E-state index contributed by atoms with van der Waals surface area (Å²) in [5, 5.41) is 10.5. The summed E-state index contributed by atoms with van der Waals surface area (Å²) in [5.74, 6) is 1.78. The lowest BCUT2D eigenvalue weighted by Gasteiger charge is -2.06. The summed E-state index contributed by atoms with van der Waals surface area (Å²) in [6.07, 6.45) is 1.06. The lowest BCUT2D eigenvalue weighted by Crippen LogP contribution is -2.13. The fourth-order valence-electron chi connectivity index (χ4n) is 1.79. The molecule has 0 aliphatic rings. The molecule has 0 radical (unpaired) electrons. The molecule has 0 unspecified atom stereocenters. The van der Waals surface area contributed by atoms with Crippen molar-refractivity contribution >= 4 is 23.4 Å². The first kappa shape index (κ1) is 14.9. The Hall–Kier alpha value is -1.46. The molecule has 2 rings (SSSR count). The molecule has 2 N–H and O–H groups in total. The Morgan fingerprint density at radius 3 is 2.90 bits per heavy atom. The molecule has 6 heteroatoms. The minimum absolute atomic E-state index is 0.150. The molecule has 0 amide bonds. The number of H-pyrrole nitrogens is 1. The molecule has 1 aromatic carbocycles. The third kappa shape index (κ3) is 3.55. The maximum Gasteiger partial charge on any atom is 0.262 e. The fourth-order valence-corrected chi connectivity index (χ4v) is 2.75. The van der Waals surface area contributed by atoms with Gasteiger partial charge in [-0.2, -0.15) is 16.7 Å². The summed E-state index contributed by atoms with van der Waals surface area (Å²) in [7, 11) is 0. The summed E-state index contributed by atoms with van der Waals surface area (Å²) >= 11 is 7.56. The van der Waals surface area contributed by atoms with Crippen LogP contribution >= 0.6 is 23.4 Å². The Labute approximate surface area is 126 Å². The summed E-state index contributed by atoms with van der Waals surface area (Å²) in [6, 6.07) is 6.77. The van der Waals surface area contributed by atoms with Gasteiger partial charge in [0.2, 0.25) is 5.88 Å². The second kappa shape index (κ2) is 6.81. The van der Waals surface area contributed by atoms with Gasteiger partial charge in [-0.1, -0.05) is 30.7 Å². The van der Waals surface area contributed by atoms with Crippen molar-refractivity contribution in [1.82, 2.24) is 9.97 Å². The quantitative estimate of drug-likeness (QED) is 0.830. The number of halogens is 1. The van der Waals surface area contributed by atoms with Crippen LogP contribution in [0.25, 0.3) is 11.1 Å². The van der Waals surface area contributed by atoms with Gasteiger partial charge in [0.25, 0.3) is 5.56 Å². The maximum atomic E-state index is 12.1. The zero-order valence-electron chi connectivity index (χ0n) is 11.0. The zero-order chi connectivity index (χ0) is 14.5. The van der Waals surface area contributed by atoms with E-state index in [4.69, 9.17) is 11.6 Å². The number of aromatic amines is 1. The topological polar surface area (TPSA) is 66.0 Å². The average molecular weight is 311 g/mol. The van der Waals surface area contributed by atoms with E-state index in [1.165, 1.54) is 0 Å². The predicted molar refractivity (Wildman–Crippen MR) is 83.4 cm³/mol. The second-order valence-electron chi connectivity index (χ2n) is 4.27. The molecular formula is C14H15ClN2O2S. The maximum absolute atomic E-state index is 12.1. The number of benzene rings is 1. The van der Waals surface area contributed by atoms with E-state index >= 15 is 0 Å². The first-order valence-electron chi connectivity index (χ1n) is 6.27. The highest BCUT2D eigenvalue weighted by Gasteiger charge is 2.13. The molecule has 0 aliphatic heterocycles. The van der Waals surface area contributed by atoms with Crippen LogP contribution in [-0.2, 0) is 5.75 Å². The van der Waals surface area contributed by atoms with Crippen LogP contribution in [0, 0.1) is 0 Å². The Kier molecular flexibility index (Phi) is 5.09. The summed E-state index contributed by atoms with van der Waals surface area (Å²) in [6.45, 7) is 2.09. The Bertz CT molecular complexity index is 658. The molecule has 0 spiro atoms. The second-order valence-corrected chi connectivity index (χ2v) is 5.82. The molecule has 106 valence electrons. The van der Waals surface area contributed by atoms with Gasteiger partial charge in [-0.25, -0.2) is 0 Å². The highest BCUT2D eigenvalue weighted by molar-refractivity contribution is 7.98. The molecule has 0 saturated carbocycles. The van der Waals surface area contributed by atoms with E-state index in [-0.39, 0.29) is 17.0 Å². The molecule has 4 nitrogen and oxygen atoms in total. The monoisotopic (exact) mass is 310 g/mol. The van der Waals surface area contributed by atoms with Crippen LogP contribution < -0.4 is 5.56 Å². The average Bonchev–Trinajstić information content (AvgIpc) is 2.38. The van der Waals surface area contributed by atoms with E-state index in [9.17, 15) is 9.90 Å².